The first-order valence-corrected chi connectivity index (χ1v) is 7.18. The molecule has 0 aliphatic rings. The summed E-state index contributed by atoms with van der Waals surface area (Å²) in [7, 11) is 0. The first-order valence-electron chi connectivity index (χ1n) is 6.39. The second-order valence-corrected chi connectivity index (χ2v) is 5.34. The normalized spacial score (nSPS) is 10.0. The molecule has 2 rings (SSSR count). The summed E-state index contributed by atoms with van der Waals surface area (Å²) < 4.78 is 19.2. The van der Waals surface area contributed by atoms with E-state index in [0.717, 1.165) is 16.8 Å². The number of para-hydroxylation sites is 1. The Kier molecular flexibility index (Phi) is 5.18. The molecule has 0 saturated carbocycles. The lowest BCUT2D eigenvalue weighted by molar-refractivity contribution is 0.364. The average molecular weight is 349 g/mol. The van der Waals surface area contributed by atoms with Gasteiger partial charge in [-0.1, -0.05) is 18.2 Å². The van der Waals surface area contributed by atoms with Crippen molar-refractivity contribution in [3.8, 4) is 11.8 Å². The Morgan fingerprint density at radius 1 is 1.33 bits per heavy atom. The second kappa shape index (κ2) is 7.09. The maximum atomic E-state index is 13.4. The first kappa shape index (κ1) is 15.3. The number of halogens is 2. The summed E-state index contributed by atoms with van der Waals surface area (Å²) in [6, 6.07) is 12.6. The van der Waals surface area contributed by atoms with Crippen LogP contribution < -0.4 is 10.1 Å². The van der Waals surface area contributed by atoms with Crippen molar-refractivity contribution in [2.75, 3.05) is 11.9 Å². The van der Waals surface area contributed by atoms with Crippen LogP contribution in [0.3, 0.4) is 0 Å². The Morgan fingerprint density at radius 2 is 2.10 bits per heavy atom. The van der Waals surface area contributed by atoms with Gasteiger partial charge in [-0.15, -0.1) is 0 Å². The summed E-state index contributed by atoms with van der Waals surface area (Å²) >= 11 is 3.18. The van der Waals surface area contributed by atoms with E-state index < -0.39 is 0 Å². The maximum absolute atomic E-state index is 13.4. The van der Waals surface area contributed by atoms with Crippen molar-refractivity contribution < 1.29 is 9.13 Å². The van der Waals surface area contributed by atoms with E-state index in [1.807, 2.05) is 37.3 Å². The molecule has 0 amide bonds. The van der Waals surface area contributed by atoms with Gasteiger partial charge >= 0.3 is 0 Å². The Bertz CT molecular complexity index is 682. The summed E-state index contributed by atoms with van der Waals surface area (Å²) in [4.78, 5) is 0. The zero-order valence-electron chi connectivity index (χ0n) is 11.5. The maximum Gasteiger partial charge on any atom is 0.174 e. The van der Waals surface area contributed by atoms with Crippen LogP contribution in [0.5, 0.6) is 5.75 Å². The fourth-order valence-corrected chi connectivity index (χ4v) is 2.27. The minimum absolute atomic E-state index is 0.0120. The van der Waals surface area contributed by atoms with Crippen LogP contribution in [0.15, 0.2) is 40.9 Å². The standard InChI is InChI=1S/C16H14BrFN2O/c1-11-8-14(18)13(17)9-15(11)20-10-12-4-2-3-5-16(12)21-7-6-19/h2-5,8-9,20H,7,10H2,1H3. The summed E-state index contributed by atoms with van der Waals surface area (Å²) in [5.41, 5.74) is 2.61. The number of aryl methyl sites for hydroxylation is 1. The highest BCUT2D eigenvalue weighted by Gasteiger charge is 2.07. The SMILES string of the molecule is Cc1cc(F)c(Br)cc1NCc1ccccc1OCC#N. The Morgan fingerprint density at radius 3 is 2.86 bits per heavy atom. The van der Waals surface area contributed by atoms with Gasteiger partial charge in [-0.2, -0.15) is 5.26 Å². The van der Waals surface area contributed by atoms with Gasteiger partial charge in [0.2, 0.25) is 0 Å². The lowest BCUT2D eigenvalue weighted by atomic mass is 10.1. The topological polar surface area (TPSA) is 45.0 Å². The van der Waals surface area contributed by atoms with Gasteiger partial charge in [-0.3, -0.25) is 0 Å². The van der Waals surface area contributed by atoms with E-state index in [-0.39, 0.29) is 12.4 Å². The quantitative estimate of drug-likeness (QED) is 0.870. The minimum atomic E-state index is -0.282. The summed E-state index contributed by atoms with van der Waals surface area (Å²) in [5.74, 6) is 0.390. The number of benzene rings is 2. The van der Waals surface area contributed by atoms with Crippen LogP contribution in [-0.2, 0) is 6.54 Å². The van der Waals surface area contributed by atoms with Crippen molar-refractivity contribution >= 4 is 21.6 Å². The zero-order valence-corrected chi connectivity index (χ0v) is 13.1. The van der Waals surface area contributed by atoms with E-state index in [2.05, 4.69) is 21.2 Å². The van der Waals surface area contributed by atoms with Crippen LogP contribution in [-0.4, -0.2) is 6.61 Å². The average Bonchev–Trinajstić information content (AvgIpc) is 2.48. The molecule has 2 aromatic rings. The zero-order chi connectivity index (χ0) is 15.2. The molecule has 5 heteroatoms. The Hall–Kier alpha value is -2.06. The van der Waals surface area contributed by atoms with Gasteiger partial charge in [0.05, 0.1) is 4.47 Å². The van der Waals surface area contributed by atoms with Crippen LogP contribution >= 0.6 is 15.9 Å². The fourth-order valence-electron chi connectivity index (χ4n) is 1.93. The summed E-state index contributed by atoms with van der Waals surface area (Å²) in [6.45, 7) is 2.38. The number of nitriles is 1. The van der Waals surface area contributed by atoms with Crippen molar-refractivity contribution in [1.29, 1.82) is 5.26 Å². The minimum Gasteiger partial charge on any atom is -0.478 e. The van der Waals surface area contributed by atoms with Crippen molar-refractivity contribution in [2.45, 2.75) is 13.5 Å². The largest absolute Gasteiger partial charge is 0.478 e. The Balaban J connectivity index is 2.13. The lowest BCUT2D eigenvalue weighted by Gasteiger charge is -2.13. The molecule has 21 heavy (non-hydrogen) atoms. The van der Waals surface area contributed by atoms with Gasteiger partial charge in [0, 0.05) is 17.8 Å². The molecule has 0 heterocycles. The van der Waals surface area contributed by atoms with Crippen LogP contribution in [0.1, 0.15) is 11.1 Å². The number of nitrogens with one attached hydrogen (secondary N) is 1. The number of nitrogens with zero attached hydrogens (tertiary/aromatic N) is 1. The van der Waals surface area contributed by atoms with E-state index >= 15 is 0 Å². The molecule has 108 valence electrons. The molecule has 0 saturated heterocycles. The molecular weight excluding hydrogens is 335 g/mol. The van der Waals surface area contributed by atoms with Crippen LogP contribution in [0.2, 0.25) is 0 Å². The highest BCUT2D eigenvalue weighted by Crippen LogP contribution is 2.26. The molecule has 2 aromatic carbocycles. The molecule has 0 spiro atoms. The molecule has 0 aliphatic carbocycles. The predicted molar refractivity (Wildman–Crippen MR) is 83.7 cm³/mol. The smallest absolute Gasteiger partial charge is 0.174 e. The van der Waals surface area contributed by atoms with E-state index in [4.69, 9.17) is 10.00 Å². The van der Waals surface area contributed by atoms with Gasteiger partial charge in [-0.25, -0.2) is 4.39 Å². The molecule has 0 radical (unpaired) electrons. The van der Waals surface area contributed by atoms with Gasteiger partial charge in [-0.05, 0) is 46.6 Å². The lowest BCUT2D eigenvalue weighted by Crippen LogP contribution is -2.05. The van der Waals surface area contributed by atoms with Crippen LogP contribution in [0.25, 0.3) is 0 Å². The van der Waals surface area contributed by atoms with Gasteiger partial charge in [0.25, 0.3) is 0 Å². The van der Waals surface area contributed by atoms with Gasteiger partial charge in [0.1, 0.15) is 17.6 Å². The third-order valence-electron chi connectivity index (χ3n) is 3.00. The molecule has 0 atom stereocenters. The van der Waals surface area contributed by atoms with Crippen molar-refractivity contribution in [1.82, 2.24) is 0 Å². The highest BCUT2D eigenvalue weighted by molar-refractivity contribution is 9.10. The van der Waals surface area contributed by atoms with Crippen molar-refractivity contribution in [3.05, 3.63) is 57.8 Å². The number of hydrogen-bond acceptors (Lipinski definition) is 3. The molecule has 0 aromatic heterocycles. The van der Waals surface area contributed by atoms with E-state index in [0.29, 0.717) is 16.8 Å². The third kappa shape index (κ3) is 3.96. The Labute approximate surface area is 131 Å². The molecule has 3 nitrogen and oxygen atoms in total. The number of hydrogen-bond donors (Lipinski definition) is 1. The first-order chi connectivity index (χ1) is 10.1. The van der Waals surface area contributed by atoms with Crippen molar-refractivity contribution in [2.24, 2.45) is 0 Å². The summed E-state index contributed by atoms with van der Waals surface area (Å²) in [5, 5.41) is 11.8. The molecule has 0 unspecified atom stereocenters. The predicted octanol–water partition coefficient (Wildman–Crippen LogP) is 4.41. The second-order valence-electron chi connectivity index (χ2n) is 4.49. The number of ether oxygens (including phenoxy) is 1. The molecular formula is C16H14BrFN2O. The van der Waals surface area contributed by atoms with E-state index in [1.165, 1.54) is 6.07 Å². The molecule has 1 N–H and O–H groups in total. The van der Waals surface area contributed by atoms with Gasteiger partial charge < -0.3 is 10.1 Å². The van der Waals surface area contributed by atoms with E-state index in [9.17, 15) is 4.39 Å². The van der Waals surface area contributed by atoms with Crippen LogP contribution in [0, 0.1) is 24.1 Å². The summed E-state index contributed by atoms with van der Waals surface area (Å²) in [6.07, 6.45) is 0. The molecule has 0 fully saturated rings. The molecule has 0 aliphatic heterocycles. The van der Waals surface area contributed by atoms with E-state index in [1.54, 1.807) is 6.07 Å². The monoisotopic (exact) mass is 348 g/mol. The highest BCUT2D eigenvalue weighted by atomic mass is 79.9. The van der Waals surface area contributed by atoms with Crippen LogP contribution in [0.4, 0.5) is 10.1 Å². The van der Waals surface area contributed by atoms with Gasteiger partial charge in [0.15, 0.2) is 6.61 Å². The van der Waals surface area contributed by atoms with Crippen molar-refractivity contribution in [3.63, 3.8) is 0 Å². The molecule has 0 bridgehead atoms. The number of anilines is 1. The fraction of sp³-hybridized carbons (Fsp3) is 0.188. The third-order valence-corrected chi connectivity index (χ3v) is 3.61. The number of rotatable bonds is 5.